The van der Waals surface area contributed by atoms with Crippen LogP contribution in [0.25, 0.3) is 31.8 Å². The van der Waals surface area contributed by atoms with Crippen molar-refractivity contribution in [1.29, 1.82) is 0 Å². The highest BCUT2D eigenvalue weighted by Gasteiger charge is 2.12. The SMILES string of the molecule is CCOc1cc(-c2ccccc2)nn1CCOc1ccc(-c2cc3ccccc3s2)cc1Cl. The maximum absolute atomic E-state index is 6.56. The van der Waals surface area contributed by atoms with Crippen LogP contribution in [-0.4, -0.2) is 23.0 Å². The Labute approximate surface area is 202 Å². The number of thiophene rings is 1. The van der Waals surface area contributed by atoms with Gasteiger partial charge in [0, 0.05) is 21.2 Å². The van der Waals surface area contributed by atoms with E-state index in [0.717, 1.165) is 22.7 Å². The molecule has 2 heterocycles. The minimum Gasteiger partial charge on any atom is -0.490 e. The van der Waals surface area contributed by atoms with E-state index in [4.69, 9.17) is 26.2 Å². The Morgan fingerprint density at radius 1 is 0.879 bits per heavy atom. The smallest absolute Gasteiger partial charge is 0.212 e. The largest absolute Gasteiger partial charge is 0.490 e. The molecule has 0 unspecified atom stereocenters. The quantitative estimate of drug-likeness (QED) is 0.233. The van der Waals surface area contributed by atoms with Gasteiger partial charge in [-0.25, -0.2) is 4.68 Å². The van der Waals surface area contributed by atoms with Gasteiger partial charge in [-0.15, -0.1) is 11.3 Å². The van der Waals surface area contributed by atoms with Crippen molar-refractivity contribution in [2.45, 2.75) is 13.5 Å². The van der Waals surface area contributed by atoms with Crippen LogP contribution in [0.15, 0.2) is 84.9 Å². The predicted molar refractivity (Wildman–Crippen MR) is 137 cm³/mol. The van der Waals surface area contributed by atoms with E-state index in [0.29, 0.717) is 30.5 Å². The molecule has 4 nitrogen and oxygen atoms in total. The molecule has 0 atom stereocenters. The molecule has 2 aromatic heterocycles. The molecule has 0 aliphatic heterocycles. The molecule has 0 bridgehead atoms. The molecule has 0 aliphatic carbocycles. The molecule has 3 aromatic carbocycles. The van der Waals surface area contributed by atoms with Gasteiger partial charge in [-0.2, -0.15) is 5.10 Å². The fraction of sp³-hybridized carbons (Fsp3) is 0.148. The zero-order valence-electron chi connectivity index (χ0n) is 18.2. The topological polar surface area (TPSA) is 36.3 Å². The Hall–Kier alpha value is -3.28. The van der Waals surface area contributed by atoms with Gasteiger partial charge in [0.05, 0.1) is 23.9 Å². The van der Waals surface area contributed by atoms with Gasteiger partial charge in [0.15, 0.2) is 0 Å². The van der Waals surface area contributed by atoms with Crippen molar-refractivity contribution in [1.82, 2.24) is 9.78 Å². The first-order chi connectivity index (χ1) is 16.2. The summed E-state index contributed by atoms with van der Waals surface area (Å²) < 4.78 is 14.9. The van der Waals surface area contributed by atoms with Crippen LogP contribution in [0.1, 0.15) is 6.92 Å². The second-order valence-electron chi connectivity index (χ2n) is 7.53. The Kier molecular flexibility index (Phi) is 6.33. The van der Waals surface area contributed by atoms with Crippen LogP contribution in [0, 0.1) is 0 Å². The van der Waals surface area contributed by atoms with Gasteiger partial charge < -0.3 is 9.47 Å². The highest BCUT2D eigenvalue weighted by Crippen LogP contribution is 2.37. The molecule has 5 rings (SSSR count). The van der Waals surface area contributed by atoms with Gasteiger partial charge >= 0.3 is 0 Å². The molecule has 0 amide bonds. The van der Waals surface area contributed by atoms with Gasteiger partial charge in [-0.05, 0) is 48.2 Å². The van der Waals surface area contributed by atoms with Crippen LogP contribution in [0.5, 0.6) is 11.6 Å². The zero-order chi connectivity index (χ0) is 22.6. The van der Waals surface area contributed by atoms with Crippen molar-refractivity contribution in [3.05, 3.63) is 90.0 Å². The molecule has 0 saturated carbocycles. The van der Waals surface area contributed by atoms with E-state index < -0.39 is 0 Å². The lowest BCUT2D eigenvalue weighted by molar-refractivity contribution is 0.260. The van der Waals surface area contributed by atoms with E-state index in [-0.39, 0.29) is 0 Å². The molecular formula is C27H23ClN2O2S. The molecule has 0 radical (unpaired) electrons. The summed E-state index contributed by atoms with van der Waals surface area (Å²) in [5, 5.41) is 6.55. The molecule has 0 spiro atoms. The molecule has 0 saturated heterocycles. The standard InChI is InChI=1S/C27H23ClN2O2S/c1-2-31-27-18-23(19-8-4-3-5-9-19)29-30(27)14-15-32-24-13-12-21(16-22(24)28)26-17-20-10-6-7-11-25(20)33-26/h3-13,16-18H,2,14-15H2,1H3. The Morgan fingerprint density at radius 2 is 1.70 bits per heavy atom. The Bertz CT molecular complexity index is 1340. The minimum atomic E-state index is 0.429. The van der Waals surface area contributed by atoms with Crippen molar-refractivity contribution < 1.29 is 9.47 Å². The average Bonchev–Trinajstić information content (AvgIpc) is 3.45. The number of nitrogens with zero attached hydrogens (tertiary/aromatic N) is 2. The van der Waals surface area contributed by atoms with E-state index in [9.17, 15) is 0 Å². The maximum atomic E-state index is 6.56. The van der Waals surface area contributed by atoms with E-state index in [1.807, 2.05) is 60.1 Å². The first-order valence-corrected chi connectivity index (χ1v) is 12.1. The monoisotopic (exact) mass is 474 g/mol. The van der Waals surface area contributed by atoms with Crippen molar-refractivity contribution >= 4 is 33.0 Å². The lowest BCUT2D eigenvalue weighted by atomic mass is 10.1. The van der Waals surface area contributed by atoms with E-state index in [1.165, 1.54) is 15.0 Å². The van der Waals surface area contributed by atoms with Crippen LogP contribution in [0.4, 0.5) is 0 Å². The lowest BCUT2D eigenvalue weighted by Crippen LogP contribution is -2.11. The number of hydrogen-bond donors (Lipinski definition) is 0. The summed E-state index contributed by atoms with van der Waals surface area (Å²) in [5.41, 5.74) is 3.02. The first kappa shape index (κ1) is 21.6. The summed E-state index contributed by atoms with van der Waals surface area (Å²) in [5.74, 6) is 1.39. The second-order valence-corrected chi connectivity index (χ2v) is 9.02. The molecule has 6 heteroatoms. The normalized spacial score (nSPS) is 11.1. The predicted octanol–water partition coefficient (Wildman–Crippen LogP) is 7.56. The third-order valence-electron chi connectivity index (χ3n) is 5.31. The summed E-state index contributed by atoms with van der Waals surface area (Å²) in [6.45, 7) is 3.52. The van der Waals surface area contributed by atoms with E-state index in [1.54, 1.807) is 11.3 Å². The summed E-state index contributed by atoms with van der Waals surface area (Å²) >= 11 is 8.32. The molecule has 0 fully saturated rings. The van der Waals surface area contributed by atoms with Crippen LogP contribution in [0.2, 0.25) is 5.02 Å². The van der Waals surface area contributed by atoms with Crippen molar-refractivity contribution in [3.63, 3.8) is 0 Å². The number of hydrogen-bond acceptors (Lipinski definition) is 4. The number of benzene rings is 3. The molecule has 166 valence electrons. The number of halogens is 1. The number of ether oxygens (including phenoxy) is 2. The molecule has 5 aromatic rings. The van der Waals surface area contributed by atoms with Crippen LogP contribution in [-0.2, 0) is 6.54 Å². The molecule has 0 N–H and O–H groups in total. The fourth-order valence-electron chi connectivity index (χ4n) is 3.71. The van der Waals surface area contributed by atoms with Gasteiger partial charge in [0.2, 0.25) is 5.88 Å². The summed E-state index contributed by atoms with van der Waals surface area (Å²) in [6.07, 6.45) is 0. The Balaban J connectivity index is 1.28. The van der Waals surface area contributed by atoms with E-state index in [2.05, 4.69) is 36.4 Å². The Morgan fingerprint density at radius 3 is 2.48 bits per heavy atom. The molecular weight excluding hydrogens is 452 g/mol. The molecule has 33 heavy (non-hydrogen) atoms. The maximum Gasteiger partial charge on any atom is 0.212 e. The van der Waals surface area contributed by atoms with Crippen LogP contribution >= 0.6 is 22.9 Å². The van der Waals surface area contributed by atoms with E-state index >= 15 is 0 Å². The van der Waals surface area contributed by atoms with Crippen LogP contribution in [0.3, 0.4) is 0 Å². The zero-order valence-corrected chi connectivity index (χ0v) is 19.8. The summed E-state index contributed by atoms with van der Waals surface area (Å²) in [7, 11) is 0. The third kappa shape index (κ3) is 4.75. The van der Waals surface area contributed by atoms with Crippen LogP contribution < -0.4 is 9.47 Å². The first-order valence-electron chi connectivity index (χ1n) is 10.9. The number of rotatable bonds is 8. The second kappa shape index (κ2) is 9.69. The van der Waals surface area contributed by atoms with Crippen molar-refractivity contribution in [2.75, 3.05) is 13.2 Å². The fourth-order valence-corrected chi connectivity index (χ4v) is 5.01. The number of aromatic nitrogens is 2. The lowest BCUT2D eigenvalue weighted by Gasteiger charge is -2.11. The highest BCUT2D eigenvalue weighted by atomic mass is 35.5. The van der Waals surface area contributed by atoms with Crippen molar-refractivity contribution in [3.8, 4) is 33.3 Å². The van der Waals surface area contributed by atoms with Gasteiger partial charge in [-0.1, -0.05) is 60.1 Å². The van der Waals surface area contributed by atoms with Crippen molar-refractivity contribution in [2.24, 2.45) is 0 Å². The summed E-state index contributed by atoms with van der Waals surface area (Å²) in [6, 6.07) is 28.6. The highest BCUT2D eigenvalue weighted by molar-refractivity contribution is 7.22. The minimum absolute atomic E-state index is 0.429. The van der Waals surface area contributed by atoms with Gasteiger partial charge in [0.1, 0.15) is 12.4 Å². The number of fused-ring (bicyclic) bond motifs is 1. The molecule has 0 aliphatic rings. The van der Waals surface area contributed by atoms with Gasteiger partial charge in [-0.3, -0.25) is 0 Å². The summed E-state index contributed by atoms with van der Waals surface area (Å²) in [4.78, 5) is 1.19. The third-order valence-corrected chi connectivity index (χ3v) is 6.77. The van der Waals surface area contributed by atoms with Gasteiger partial charge in [0.25, 0.3) is 0 Å². The average molecular weight is 475 g/mol.